The van der Waals surface area contributed by atoms with E-state index < -0.39 is 0 Å². The molecule has 5 nitrogen and oxygen atoms in total. The molecule has 0 bridgehead atoms. The number of thiophene rings is 1. The molecule has 0 aliphatic carbocycles. The maximum absolute atomic E-state index is 13.2. The van der Waals surface area contributed by atoms with Crippen LogP contribution in [0.25, 0.3) is 0 Å². The largest absolute Gasteiger partial charge is 0.347 e. The van der Waals surface area contributed by atoms with Gasteiger partial charge in [-0.05, 0) is 49.9 Å². The molecule has 0 fully saturated rings. The van der Waals surface area contributed by atoms with Gasteiger partial charge in [0, 0.05) is 10.4 Å². The van der Waals surface area contributed by atoms with Crippen molar-refractivity contribution in [2.24, 2.45) is 0 Å². The Labute approximate surface area is 163 Å². The van der Waals surface area contributed by atoms with E-state index in [1.807, 2.05) is 38.3 Å². The zero-order chi connectivity index (χ0) is 20.0. The number of nitrogens with one attached hydrogen (secondary N) is 3. The number of halogens is 1. The number of carbonyl (C=O) groups is 2. The Morgan fingerprint density at radius 3 is 2.30 bits per heavy atom. The Kier molecular flexibility index (Phi) is 7.10. The van der Waals surface area contributed by atoms with Gasteiger partial charge < -0.3 is 15.5 Å². The van der Waals surface area contributed by atoms with Gasteiger partial charge in [0.25, 0.3) is 11.8 Å². The van der Waals surface area contributed by atoms with Crippen molar-refractivity contribution in [1.82, 2.24) is 10.6 Å². The molecule has 2 rings (SSSR count). The van der Waals surface area contributed by atoms with Crippen LogP contribution in [0.4, 0.5) is 4.39 Å². The van der Waals surface area contributed by atoms with Crippen molar-refractivity contribution in [3.05, 3.63) is 58.0 Å². The van der Waals surface area contributed by atoms with Gasteiger partial charge in [0.05, 0.1) is 13.1 Å². The molecule has 7 heteroatoms. The molecule has 2 aromatic rings. The summed E-state index contributed by atoms with van der Waals surface area (Å²) < 4.78 is 13.2. The van der Waals surface area contributed by atoms with Crippen molar-refractivity contribution < 1.29 is 18.9 Å². The average Bonchev–Trinajstić information content (AvgIpc) is 3.05. The molecule has 1 unspecified atom stereocenters. The molecule has 1 aromatic heterocycles. The van der Waals surface area contributed by atoms with E-state index in [2.05, 4.69) is 10.6 Å². The number of hydrogen-bond acceptors (Lipinski definition) is 3. The Balaban J connectivity index is 2.00. The highest BCUT2D eigenvalue weighted by Gasteiger charge is 2.22. The van der Waals surface area contributed by atoms with E-state index >= 15 is 0 Å². The molecule has 0 aliphatic rings. The summed E-state index contributed by atoms with van der Waals surface area (Å²) in [5.74, 6) is -0.580. The fourth-order valence-electron chi connectivity index (χ4n) is 2.71. The van der Waals surface area contributed by atoms with E-state index in [4.69, 9.17) is 0 Å². The van der Waals surface area contributed by atoms with E-state index in [0.29, 0.717) is 0 Å². The summed E-state index contributed by atoms with van der Waals surface area (Å²) in [7, 11) is 1.81. The van der Waals surface area contributed by atoms with Crippen molar-refractivity contribution in [2.45, 2.75) is 32.4 Å². The van der Waals surface area contributed by atoms with Gasteiger partial charge in [0.15, 0.2) is 13.1 Å². The van der Waals surface area contributed by atoms with Gasteiger partial charge in [-0.25, -0.2) is 4.39 Å². The number of benzene rings is 1. The highest BCUT2D eigenvalue weighted by Crippen LogP contribution is 2.26. The third kappa shape index (κ3) is 7.11. The molecular formula is C20H27FN3O2S+. The topological polar surface area (TPSA) is 62.6 Å². The van der Waals surface area contributed by atoms with Crippen molar-refractivity contribution in [2.75, 3.05) is 20.1 Å². The van der Waals surface area contributed by atoms with Crippen LogP contribution in [-0.2, 0) is 9.59 Å². The predicted molar refractivity (Wildman–Crippen MR) is 105 cm³/mol. The van der Waals surface area contributed by atoms with Crippen LogP contribution in [-0.4, -0.2) is 37.5 Å². The van der Waals surface area contributed by atoms with Crippen LogP contribution in [0.5, 0.6) is 0 Å². The molecule has 1 heterocycles. The molecule has 0 aliphatic heterocycles. The Morgan fingerprint density at radius 2 is 1.74 bits per heavy atom. The molecule has 0 saturated carbocycles. The van der Waals surface area contributed by atoms with Crippen LogP contribution < -0.4 is 15.5 Å². The lowest BCUT2D eigenvalue weighted by Gasteiger charge is -2.22. The first kappa shape index (κ1) is 21.1. The standard InChI is InChI=1S/C20H26FN3O2S/c1-20(2,3)23-18(26)13-24(4)12-17(25)22-19(16-6-5-11-27-16)14-7-9-15(21)10-8-14/h5-11,19H,12-13H2,1-4H3,(H,22,25)(H,23,26)/p+1/t19-/m1/s1. The van der Waals surface area contributed by atoms with Crippen LogP contribution in [0.15, 0.2) is 41.8 Å². The first-order valence-electron chi connectivity index (χ1n) is 8.84. The molecule has 0 spiro atoms. The van der Waals surface area contributed by atoms with Crippen molar-refractivity contribution >= 4 is 23.2 Å². The van der Waals surface area contributed by atoms with Crippen LogP contribution >= 0.6 is 11.3 Å². The molecule has 146 valence electrons. The summed E-state index contributed by atoms with van der Waals surface area (Å²) in [6.45, 7) is 6.13. The minimum atomic E-state index is -0.339. The Hall–Kier alpha value is -2.25. The molecule has 0 saturated heterocycles. The predicted octanol–water partition coefficient (Wildman–Crippen LogP) is 1.52. The molecule has 2 atom stereocenters. The molecular weight excluding hydrogens is 365 g/mol. The Morgan fingerprint density at radius 1 is 1.11 bits per heavy atom. The Bertz CT molecular complexity index is 755. The highest BCUT2D eigenvalue weighted by atomic mass is 32.1. The number of rotatable bonds is 7. The summed E-state index contributed by atoms with van der Waals surface area (Å²) in [5, 5.41) is 7.83. The minimum Gasteiger partial charge on any atom is -0.347 e. The van der Waals surface area contributed by atoms with Crippen LogP contribution in [0.1, 0.15) is 37.3 Å². The number of hydrogen-bond donors (Lipinski definition) is 3. The van der Waals surface area contributed by atoms with Gasteiger partial charge in [0.2, 0.25) is 0 Å². The van der Waals surface area contributed by atoms with E-state index in [0.717, 1.165) is 15.3 Å². The summed E-state index contributed by atoms with van der Waals surface area (Å²) in [6.07, 6.45) is 0. The monoisotopic (exact) mass is 392 g/mol. The summed E-state index contributed by atoms with van der Waals surface area (Å²) >= 11 is 1.53. The molecule has 2 amide bonds. The average molecular weight is 393 g/mol. The second-order valence-electron chi connectivity index (χ2n) is 7.68. The van der Waals surface area contributed by atoms with Crippen LogP contribution in [0, 0.1) is 5.82 Å². The van der Waals surface area contributed by atoms with E-state index in [1.165, 1.54) is 23.5 Å². The molecule has 0 radical (unpaired) electrons. The molecule has 27 heavy (non-hydrogen) atoms. The number of quaternary nitrogens is 1. The third-order valence-corrected chi connectivity index (χ3v) is 4.71. The van der Waals surface area contributed by atoms with Gasteiger partial charge in [-0.1, -0.05) is 18.2 Å². The second kappa shape index (κ2) is 9.10. The first-order valence-corrected chi connectivity index (χ1v) is 9.72. The van der Waals surface area contributed by atoms with Gasteiger partial charge in [-0.3, -0.25) is 9.59 Å². The smallest absolute Gasteiger partial charge is 0.275 e. The van der Waals surface area contributed by atoms with Crippen molar-refractivity contribution in [3.63, 3.8) is 0 Å². The lowest BCUT2D eigenvalue weighted by molar-refractivity contribution is -0.862. The van der Waals surface area contributed by atoms with Gasteiger partial charge in [-0.15, -0.1) is 11.3 Å². The number of likely N-dealkylation sites (N-methyl/N-ethyl adjacent to an activating group) is 1. The SMILES string of the molecule is C[NH+](CC(=O)N[C@H](c1ccc(F)cc1)c1cccs1)CC(=O)NC(C)(C)C. The van der Waals surface area contributed by atoms with Crippen molar-refractivity contribution in [1.29, 1.82) is 0 Å². The summed E-state index contributed by atoms with van der Waals surface area (Å²) in [5.41, 5.74) is 0.516. The van der Waals surface area contributed by atoms with Crippen LogP contribution in [0.2, 0.25) is 0 Å². The first-order chi connectivity index (χ1) is 12.6. The van der Waals surface area contributed by atoms with Gasteiger partial charge in [0.1, 0.15) is 5.82 Å². The lowest BCUT2D eigenvalue weighted by Crippen LogP contribution is -3.11. The van der Waals surface area contributed by atoms with Gasteiger partial charge >= 0.3 is 0 Å². The second-order valence-corrected chi connectivity index (χ2v) is 8.66. The molecule has 1 aromatic carbocycles. The van der Waals surface area contributed by atoms with Crippen molar-refractivity contribution in [3.8, 4) is 0 Å². The van der Waals surface area contributed by atoms with E-state index in [-0.39, 0.29) is 42.3 Å². The quantitative estimate of drug-likeness (QED) is 0.669. The normalized spacial score (nSPS) is 13.7. The highest BCUT2D eigenvalue weighted by molar-refractivity contribution is 7.10. The van der Waals surface area contributed by atoms with E-state index in [1.54, 1.807) is 19.2 Å². The zero-order valence-corrected chi connectivity index (χ0v) is 17.0. The maximum atomic E-state index is 13.2. The van der Waals surface area contributed by atoms with Gasteiger partial charge in [-0.2, -0.15) is 0 Å². The minimum absolute atomic E-state index is 0.0962. The fourth-order valence-corrected chi connectivity index (χ4v) is 3.52. The third-order valence-electron chi connectivity index (χ3n) is 3.78. The maximum Gasteiger partial charge on any atom is 0.275 e. The van der Waals surface area contributed by atoms with Crippen LogP contribution in [0.3, 0.4) is 0 Å². The fraction of sp³-hybridized carbons (Fsp3) is 0.400. The zero-order valence-electron chi connectivity index (χ0n) is 16.1. The lowest BCUT2D eigenvalue weighted by atomic mass is 10.1. The van der Waals surface area contributed by atoms with E-state index in [9.17, 15) is 14.0 Å². The summed E-state index contributed by atoms with van der Waals surface area (Å²) in [4.78, 5) is 26.3. The number of amides is 2. The molecule has 3 N–H and O–H groups in total. The summed E-state index contributed by atoms with van der Waals surface area (Å²) in [6, 6.07) is 9.63. The number of carbonyl (C=O) groups excluding carboxylic acids is 2.